The van der Waals surface area contributed by atoms with E-state index in [0.29, 0.717) is 44.9 Å². The minimum absolute atomic E-state index is 0. The Balaban J connectivity index is 0.00000300. The van der Waals surface area contributed by atoms with Gasteiger partial charge in [-0.1, -0.05) is 0 Å². The SMILES string of the molecule is CCNC(=NCC(c1ccco1)N1CCCC1)NCCN1C(=O)CCCC1=O.I. The minimum atomic E-state index is -0.0769. The van der Waals surface area contributed by atoms with Crippen molar-refractivity contribution in [1.29, 1.82) is 0 Å². The van der Waals surface area contributed by atoms with Gasteiger partial charge in [0.05, 0.1) is 18.8 Å². The van der Waals surface area contributed by atoms with E-state index in [1.165, 1.54) is 17.7 Å². The lowest BCUT2D eigenvalue weighted by atomic mass is 10.1. The average molecular weight is 517 g/mol. The summed E-state index contributed by atoms with van der Waals surface area (Å²) in [5, 5.41) is 6.48. The van der Waals surface area contributed by atoms with Gasteiger partial charge in [-0.2, -0.15) is 0 Å². The van der Waals surface area contributed by atoms with Crippen molar-refractivity contribution in [3.8, 4) is 0 Å². The van der Waals surface area contributed by atoms with Crippen LogP contribution in [0.3, 0.4) is 0 Å². The van der Waals surface area contributed by atoms with Gasteiger partial charge in [-0.25, -0.2) is 0 Å². The molecule has 3 rings (SSSR count). The zero-order chi connectivity index (χ0) is 19.8. The summed E-state index contributed by atoms with van der Waals surface area (Å²) in [6, 6.07) is 4.04. The minimum Gasteiger partial charge on any atom is -0.468 e. The highest BCUT2D eigenvalue weighted by Gasteiger charge is 2.26. The van der Waals surface area contributed by atoms with E-state index in [2.05, 4.69) is 15.5 Å². The Kier molecular flexibility index (Phi) is 9.92. The van der Waals surface area contributed by atoms with Crippen LogP contribution in [0.4, 0.5) is 0 Å². The number of guanidine groups is 1. The molecule has 0 aliphatic carbocycles. The van der Waals surface area contributed by atoms with E-state index < -0.39 is 0 Å². The van der Waals surface area contributed by atoms with Gasteiger partial charge in [-0.3, -0.25) is 24.4 Å². The number of carbonyl (C=O) groups excluding carboxylic acids is 2. The summed E-state index contributed by atoms with van der Waals surface area (Å²) in [6.07, 6.45) is 5.70. The van der Waals surface area contributed by atoms with E-state index in [1.807, 2.05) is 19.1 Å². The Morgan fingerprint density at radius 2 is 1.90 bits per heavy atom. The second-order valence-electron chi connectivity index (χ2n) is 7.21. The van der Waals surface area contributed by atoms with Crippen LogP contribution in [0.5, 0.6) is 0 Å². The predicted molar refractivity (Wildman–Crippen MR) is 122 cm³/mol. The largest absolute Gasteiger partial charge is 0.468 e. The number of rotatable bonds is 8. The van der Waals surface area contributed by atoms with Crippen molar-refractivity contribution in [1.82, 2.24) is 20.4 Å². The third-order valence-corrected chi connectivity index (χ3v) is 5.23. The Morgan fingerprint density at radius 1 is 1.17 bits per heavy atom. The molecule has 2 fully saturated rings. The zero-order valence-electron chi connectivity index (χ0n) is 17.1. The van der Waals surface area contributed by atoms with Gasteiger partial charge in [0.25, 0.3) is 0 Å². The molecule has 0 spiro atoms. The van der Waals surface area contributed by atoms with Gasteiger partial charge in [0.1, 0.15) is 5.76 Å². The molecule has 162 valence electrons. The van der Waals surface area contributed by atoms with E-state index in [1.54, 1.807) is 6.26 Å². The maximum absolute atomic E-state index is 11.9. The fourth-order valence-corrected chi connectivity index (χ4v) is 3.77. The van der Waals surface area contributed by atoms with Crippen LogP contribution in [0.1, 0.15) is 50.8 Å². The summed E-state index contributed by atoms with van der Waals surface area (Å²) in [5.74, 6) is 1.47. The third-order valence-electron chi connectivity index (χ3n) is 5.23. The number of amides is 2. The molecule has 0 saturated carbocycles. The molecule has 3 heterocycles. The second kappa shape index (κ2) is 12.2. The van der Waals surface area contributed by atoms with Crippen molar-refractivity contribution in [3.05, 3.63) is 24.2 Å². The third kappa shape index (κ3) is 6.70. The number of carbonyl (C=O) groups is 2. The predicted octanol–water partition coefficient (Wildman–Crippen LogP) is 2.13. The number of piperidine rings is 1. The molecule has 0 radical (unpaired) electrons. The van der Waals surface area contributed by atoms with Crippen molar-refractivity contribution in [2.45, 2.75) is 45.1 Å². The molecular formula is C20H32IN5O3. The first-order chi connectivity index (χ1) is 13.7. The molecule has 1 unspecified atom stereocenters. The monoisotopic (exact) mass is 517 g/mol. The van der Waals surface area contributed by atoms with Gasteiger partial charge in [0, 0.05) is 32.5 Å². The Morgan fingerprint density at radius 3 is 2.52 bits per heavy atom. The van der Waals surface area contributed by atoms with E-state index in [-0.39, 0.29) is 41.8 Å². The molecule has 2 amide bonds. The van der Waals surface area contributed by atoms with Crippen molar-refractivity contribution in [3.63, 3.8) is 0 Å². The molecule has 9 heteroatoms. The molecule has 29 heavy (non-hydrogen) atoms. The zero-order valence-corrected chi connectivity index (χ0v) is 19.4. The molecule has 0 bridgehead atoms. The maximum atomic E-state index is 11.9. The van der Waals surface area contributed by atoms with E-state index in [0.717, 1.165) is 25.4 Å². The Labute approximate surface area is 189 Å². The first-order valence-electron chi connectivity index (χ1n) is 10.3. The summed E-state index contributed by atoms with van der Waals surface area (Å²) in [7, 11) is 0. The number of furan rings is 1. The number of halogens is 1. The standard InChI is InChI=1S/C20H31N5O3.HI/c1-2-21-20(22-10-13-25-18(26)8-5-9-19(25)27)23-15-16(17-7-6-14-28-17)24-11-3-4-12-24;/h6-7,14,16H,2-5,8-13,15H2,1H3,(H2,21,22,23);1H. The molecular weight excluding hydrogens is 485 g/mol. The van der Waals surface area contributed by atoms with Crippen LogP contribution in [-0.4, -0.2) is 66.8 Å². The average Bonchev–Trinajstić information content (AvgIpc) is 3.39. The van der Waals surface area contributed by atoms with Crippen molar-refractivity contribution >= 4 is 41.8 Å². The van der Waals surface area contributed by atoms with Crippen LogP contribution in [0.25, 0.3) is 0 Å². The number of hydrogen-bond donors (Lipinski definition) is 2. The molecule has 1 atom stereocenters. The van der Waals surface area contributed by atoms with Crippen LogP contribution in [0.2, 0.25) is 0 Å². The Hall–Kier alpha value is -1.62. The quantitative estimate of drug-likeness (QED) is 0.238. The summed E-state index contributed by atoms with van der Waals surface area (Å²) in [6.45, 7) is 6.31. The number of hydrogen-bond acceptors (Lipinski definition) is 5. The second-order valence-corrected chi connectivity index (χ2v) is 7.21. The summed E-state index contributed by atoms with van der Waals surface area (Å²) < 4.78 is 5.65. The molecule has 1 aromatic heterocycles. The molecule has 2 aliphatic rings. The van der Waals surface area contributed by atoms with Crippen LogP contribution in [-0.2, 0) is 9.59 Å². The highest BCUT2D eigenvalue weighted by molar-refractivity contribution is 14.0. The van der Waals surface area contributed by atoms with Crippen LogP contribution >= 0.6 is 24.0 Å². The van der Waals surface area contributed by atoms with Crippen LogP contribution in [0, 0.1) is 0 Å². The van der Waals surface area contributed by atoms with E-state index in [4.69, 9.17) is 9.41 Å². The van der Waals surface area contributed by atoms with Gasteiger partial charge < -0.3 is 15.1 Å². The fourth-order valence-electron chi connectivity index (χ4n) is 3.77. The normalized spacial score (nSPS) is 19.2. The number of nitrogens with zero attached hydrogens (tertiary/aromatic N) is 3. The lowest BCUT2D eigenvalue weighted by molar-refractivity contribution is -0.147. The summed E-state index contributed by atoms with van der Waals surface area (Å²) in [4.78, 5) is 32.3. The van der Waals surface area contributed by atoms with E-state index in [9.17, 15) is 9.59 Å². The number of likely N-dealkylation sites (tertiary alicyclic amines) is 2. The Bertz CT molecular complexity index is 658. The summed E-state index contributed by atoms with van der Waals surface area (Å²) >= 11 is 0. The number of imide groups is 1. The van der Waals surface area contributed by atoms with Crippen molar-refractivity contribution in [2.75, 3.05) is 39.3 Å². The molecule has 0 aromatic carbocycles. The number of aliphatic imine (C=N–C) groups is 1. The topological polar surface area (TPSA) is 90.2 Å². The lowest BCUT2D eigenvalue weighted by Gasteiger charge is -2.26. The van der Waals surface area contributed by atoms with Crippen molar-refractivity contribution < 1.29 is 14.0 Å². The van der Waals surface area contributed by atoms with Gasteiger partial charge in [0.2, 0.25) is 11.8 Å². The first-order valence-corrected chi connectivity index (χ1v) is 10.3. The van der Waals surface area contributed by atoms with E-state index >= 15 is 0 Å². The highest BCUT2D eigenvalue weighted by Crippen LogP contribution is 2.25. The van der Waals surface area contributed by atoms with Gasteiger partial charge in [-0.15, -0.1) is 24.0 Å². The number of nitrogens with one attached hydrogen (secondary N) is 2. The van der Waals surface area contributed by atoms with Crippen molar-refractivity contribution in [2.24, 2.45) is 4.99 Å². The molecule has 2 N–H and O–H groups in total. The first kappa shape index (κ1) is 23.7. The van der Waals surface area contributed by atoms with Gasteiger partial charge in [0.15, 0.2) is 5.96 Å². The summed E-state index contributed by atoms with van der Waals surface area (Å²) in [5.41, 5.74) is 0. The molecule has 2 aliphatic heterocycles. The molecule has 2 saturated heterocycles. The lowest BCUT2D eigenvalue weighted by Crippen LogP contribution is -2.46. The van der Waals surface area contributed by atoms with Crippen LogP contribution in [0.15, 0.2) is 27.8 Å². The molecule has 1 aromatic rings. The van der Waals surface area contributed by atoms with Crippen LogP contribution < -0.4 is 10.6 Å². The smallest absolute Gasteiger partial charge is 0.229 e. The molecule has 8 nitrogen and oxygen atoms in total. The maximum Gasteiger partial charge on any atom is 0.229 e. The fraction of sp³-hybridized carbons (Fsp3) is 0.650. The highest BCUT2D eigenvalue weighted by atomic mass is 127. The van der Waals surface area contributed by atoms with Gasteiger partial charge in [-0.05, 0) is 51.4 Å². The van der Waals surface area contributed by atoms with Gasteiger partial charge >= 0.3 is 0 Å².